The van der Waals surface area contributed by atoms with Gasteiger partial charge in [-0.3, -0.25) is 0 Å². The van der Waals surface area contributed by atoms with Gasteiger partial charge in [-0.05, 0) is 18.2 Å². The first kappa shape index (κ1) is 16.6. The van der Waals surface area contributed by atoms with E-state index in [4.69, 9.17) is 0 Å². The van der Waals surface area contributed by atoms with Crippen molar-refractivity contribution in [3.63, 3.8) is 0 Å². The smallest absolute Gasteiger partial charge is 0.392 e. The molecule has 0 unspecified atom stereocenters. The highest BCUT2D eigenvalue weighted by atomic mass is 19.4. The van der Waals surface area contributed by atoms with Crippen molar-refractivity contribution in [3.05, 3.63) is 53.7 Å². The Bertz CT molecular complexity index is 680. The van der Waals surface area contributed by atoms with Crippen LogP contribution < -0.4 is 9.80 Å². The van der Waals surface area contributed by atoms with Gasteiger partial charge in [-0.25, -0.2) is 4.98 Å². The van der Waals surface area contributed by atoms with Crippen LogP contribution in [0.4, 0.5) is 24.7 Å². The summed E-state index contributed by atoms with van der Waals surface area (Å²) < 4.78 is 37.8. The summed E-state index contributed by atoms with van der Waals surface area (Å²) in [6.07, 6.45) is -3.49. The van der Waals surface area contributed by atoms with Gasteiger partial charge in [-0.15, -0.1) is 0 Å². The molecule has 1 aromatic carbocycles. The Kier molecular flexibility index (Phi) is 4.62. The highest BCUT2D eigenvalue weighted by Gasteiger charge is 2.31. The molecule has 4 nitrogen and oxygen atoms in total. The third-order valence-electron chi connectivity index (χ3n) is 4.18. The monoisotopic (exact) mass is 337 g/mol. The molecule has 1 aromatic heterocycles. The van der Waals surface area contributed by atoms with Crippen LogP contribution in [0.2, 0.25) is 0 Å². The van der Waals surface area contributed by atoms with Crippen LogP contribution in [0.5, 0.6) is 0 Å². The number of halogens is 3. The Morgan fingerprint density at radius 1 is 0.958 bits per heavy atom. The molecule has 1 fully saturated rings. The molecule has 0 radical (unpaired) electrons. The molecule has 1 aliphatic heterocycles. The quantitative estimate of drug-likeness (QED) is 0.935. The van der Waals surface area contributed by atoms with Gasteiger partial charge in [0.05, 0.1) is 12.2 Å². The fourth-order valence-corrected chi connectivity index (χ4v) is 2.87. The van der Waals surface area contributed by atoms with E-state index in [0.29, 0.717) is 18.9 Å². The molecule has 7 heteroatoms. The van der Waals surface area contributed by atoms with Gasteiger partial charge < -0.3 is 14.9 Å². The van der Waals surface area contributed by atoms with Crippen molar-refractivity contribution in [1.82, 2.24) is 4.98 Å². The van der Waals surface area contributed by atoms with Gasteiger partial charge in [0.2, 0.25) is 0 Å². The molecule has 2 aromatic rings. The van der Waals surface area contributed by atoms with E-state index in [0.717, 1.165) is 36.6 Å². The van der Waals surface area contributed by atoms with Crippen molar-refractivity contribution >= 4 is 11.5 Å². The molecule has 0 atom stereocenters. The first-order valence-corrected chi connectivity index (χ1v) is 7.71. The molecule has 2 heterocycles. The Balaban J connectivity index is 1.67. The first-order valence-electron chi connectivity index (χ1n) is 7.71. The summed E-state index contributed by atoms with van der Waals surface area (Å²) in [6.45, 7) is 2.76. The molecule has 0 saturated carbocycles. The standard InChI is InChI=1S/C17H18F3N3O/c18-17(19,20)14-5-6-16(21-11-14)23-9-7-22(8-10-23)15-4-2-1-3-13(15)12-24/h1-6,11,24H,7-10,12H2. The Hall–Kier alpha value is -2.28. The number of rotatable bonds is 3. The van der Waals surface area contributed by atoms with Gasteiger partial charge in [0, 0.05) is 43.6 Å². The van der Waals surface area contributed by atoms with Gasteiger partial charge >= 0.3 is 6.18 Å². The molecule has 1 saturated heterocycles. The second kappa shape index (κ2) is 6.68. The molecule has 128 valence electrons. The van der Waals surface area contributed by atoms with Crippen molar-refractivity contribution in [2.75, 3.05) is 36.0 Å². The summed E-state index contributed by atoms with van der Waals surface area (Å²) in [5.41, 5.74) is 1.14. The summed E-state index contributed by atoms with van der Waals surface area (Å²) in [6, 6.07) is 10.2. The Morgan fingerprint density at radius 3 is 2.21 bits per heavy atom. The SMILES string of the molecule is OCc1ccccc1N1CCN(c2ccc(C(F)(F)F)cn2)CC1. The minimum atomic E-state index is -4.36. The molecule has 0 aliphatic carbocycles. The summed E-state index contributed by atoms with van der Waals surface area (Å²) in [7, 11) is 0. The van der Waals surface area contributed by atoms with Crippen LogP contribution in [-0.4, -0.2) is 36.3 Å². The molecule has 0 bridgehead atoms. The maximum Gasteiger partial charge on any atom is 0.417 e. The molecular weight excluding hydrogens is 319 g/mol. The predicted octanol–water partition coefficient (Wildman–Crippen LogP) is 2.92. The zero-order chi connectivity index (χ0) is 17.2. The van der Waals surface area contributed by atoms with E-state index in [1.807, 2.05) is 29.2 Å². The van der Waals surface area contributed by atoms with E-state index in [2.05, 4.69) is 9.88 Å². The van der Waals surface area contributed by atoms with Gasteiger partial charge in [0.15, 0.2) is 0 Å². The minimum Gasteiger partial charge on any atom is -0.392 e. The number of aromatic nitrogens is 1. The maximum atomic E-state index is 12.6. The lowest BCUT2D eigenvalue weighted by Crippen LogP contribution is -2.47. The summed E-state index contributed by atoms with van der Waals surface area (Å²) in [5, 5.41) is 9.43. The van der Waals surface area contributed by atoms with Gasteiger partial charge in [0.1, 0.15) is 5.82 Å². The maximum absolute atomic E-state index is 12.6. The largest absolute Gasteiger partial charge is 0.417 e. The third-order valence-corrected chi connectivity index (χ3v) is 4.18. The van der Waals surface area contributed by atoms with E-state index in [1.165, 1.54) is 6.07 Å². The first-order chi connectivity index (χ1) is 11.5. The number of pyridine rings is 1. The average molecular weight is 337 g/mol. The fourth-order valence-electron chi connectivity index (χ4n) is 2.87. The van der Waals surface area contributed by atoms with Crippen LogP contribution in [0, 0.1) is 0 Å². The lowest BCUT2D eigenvalue weighted by molar-refractivity contribution is -0.137. The van der Waals surface area contributed by atoms with Crippen LogP contribution in [0.25, 0.3) is 0 Å². The van der Waals surface area contributed by atoms with E-state index in [1.54, 1.807) is 0 Å². The van der Waals surface area contributed by atoms with E-state index in [9.17, 15) is 18.3 Å². The number of benzene rings is 1. The second-order valence-corrected chi connectivity index (χ2v) is 5.66. The highest BCUT2D eigenvalue weighted by molar-refractivity contribution is 5.55. The van der Waals surface area contributed by atoms with Crippen molar-refractivity contribution < 1.29 is 18.3 Å². The lowest BCUT2D eigenvalue weighted by atomic mass is 10.1. The van der Waals surface area contributed by atoms with Gasteiger partial charge in [0.25, 0.3) is 0 Å². The van der Waals surface area contributed by atoms with Crippen LogP contribution in [-0.2, 0) is 12.8 Å². The number of aliphatic hydroxyl groups is 1. The molecule has 0 amide bonds. The Morgan fingerprint density at radius 2 is 1.62 bits per heavy atom. The molecule has 0 spiro atoms. The molecule has 1 aliphatic rings. The van der Waals surface area contributed by atoms with Crippen molar-refractivity contribution in [2.24, 2.45) is 0 Å². The summed E-state index contributed by atoms with van der Waals surface area (Å²) in [5.74, 6) is 0.554. The number of aliphatic hydroxyl groups excluding tert-OH is 1. The van der Waals surface area contributed by atoms with E-state index in [-0.39, 0.29) is 6.61 Å². The second-order valence-electron chi connectivity index (χ2n) is 5.66. The number of para-hydroxylation sites is 1. The summed E-state index contributed by atoms with van der Waals surface area (Å²) in [4.78, 5) is 8.09. The van der Waals surface area contributed by atoms with Gasteiger partial charge in [-0.2, -0.15) is 13.2 Å². The topological polar surface area (TPSA) is 39.6 Å². The normalized spacial score (nSPS) is 15.7. The van der Waals surface area contributed by atoms with Crippen LogP contribution in [0.3, 0.4) is 0 Å². The molecule has 24 heavy (non-hydrogen) atoms. The lowest BCUT2D eigenvalue weighted by Gasteiger charge is -2.37. The zero-order valence-electron chi connectivity index (χ0n) is 13.0. The summed E-state index contributed by atoms with van der Waals surface area (Å²) >= 11 is 0. The average Bonchev–Trinajstić information content (AvgIpc) is 2.61. The van der Waals surface area contributed by atoms with Crippen LogP contribution in [0.1, 0.15) is 11.1 Å². The Labute approximate surface area is 138 Å². The number of hydrogen-bond donors (Lipinski definition) is 1. The number of anilines is 2. The zero-order valence-corrected chi connectivity index (χ0v) is 13.0. The van der Waals surface area contributed by atoms with Crippen LogP contribution >= 0.6 is 0 Å². The van der Waals surface area contributed by atoms with E-state index < -0.39 is 11.7 Å². The van der Waals surface area contributed by atoms with E-state index >= 15 is 0 Å². The minimum absolute atomic E-state index is 0.0170. The third kappa shape index (κ3) is 3.46. The number of nitrogens with zero attached hydrogens (tertiary/aromatic N) is 3. The number of alkyl halides is 3. The van der Waals surface area contributed by atoms with Gasteiger partial charge in [-0.1, -0.05) is 18.2 Å². The van der Waals surface area contributed by atoms with Crippen molar-refractivity contribution in [3.8, 4) is 0 Å². The molecule has 1 N–H and O–H groups in total. The predicted molar refractivity (Wildman–Crippen MR) is 86.0 cm³/mol. The fraction of sp³-hybridized carbons (Fsp3) is 0.353. The number of piperazine rings is 1. The molecule has 3 rings (SSSR count). The molecular formula is C17H18F3N3O. The van der Waals surface area contributed by atoms with Crippen molar-refractivity contribution in [1.29, 1.82) is 0 Å². The number of hydrogen-bond acceptors (Lipinski definition) is 4. The van der Waals surface area contributed by atoms with Crippen LogP contribution in [0.15, 0.2) is 42.6 Å². The highest BCUT2D eigenvalue weighted by Crippen LogP contribution is 2.30. The van der Waals surface area contributed by atoms with Crippen molar-refractivity contribution in [2.45, 2.75) is 12.8 Å².